The number of anilines is 1. The third-order valence-corrected chi connectivity index (χ3v) is 5.10. The third kappa shape index (κ3) is 3.87. The van der Waals surface area contributed by atoms with Crippen LogP contribution in [0.25, 0.3) is 11.4 Å². The molecule has 1 atom stereocenters. The molecule has 2 aromatic carbocycles. The van der Waals surface area contributed by atoms with Crippen molar-refractivity contribution in [2.24, 2.45) is 0 Å². The lowest BCUT2D eigenvalue weighted by Gasteiger charge is -2.28. The largest absolute Gasteiger partial charge is 0.463 e. The number of halogens is 1. The van der Waals surface area contributed by atoms with Gasteiger partial charge in [-0.05, 0) is 43.7 Å². The minimum absolute atomic E-state index is 0.0866. The van der Waals surface area contributed by atoms with E-state index in [-0.39, 0.29) is 12.3 Å². The first-order chi connectivity index (χ1) is 14.9. The van der Waals surface area contributed by atoms with Gasteiger partial charge >= 0.3 is 5.97 Å². The van der Waals surface area contributed by atoms with Gasteiger partial charge in [-0.2, -0.15) is 4.98 Å². The van der Waals surface area contributed by atoms with E-state index in [0.29, 0.717) is 33.6 Å². The van der Waals surface area contributed by atoms with Crippen LogP contribution in [0.1, 0.15) is 25.5 Å². The lowest BCUT2D eigenvalue weighted by atomic mass is 9.95. The van der Waals surface area contributed by atoms with E-state index in [1.807, 2.05) is 0 Å². The van der Waals surface area contributed by atoms with E-state index in [4.69, 9.17) is 16.3 Å². The summed E-state index contributed by atoms with van der Waals surface area (Å²) in [6.45, 7) is 3.64. The van der Waals surface area contributed by atoms with Crippen molar-refractivity contribution in [3.05, 3.63) is 80.5 Å². The average molecular weight is 440 g/mol. The second kappa shape index (κ2) is 8.19. The number of non-ortho nitro benzene ring substituents is 1. The normalized spacial score (nSPS) is 15.3. The smallest absolute Gasteiger partial charge is 0.338 e. The number of carbonyl (C=O) groups excluding carboxylic acids is 1. The number of carbonyl (C=O) groups is 1. The van der Waals surface area contributed by atoms with Crippen LogP contribution in [0, 0.1) is 10.1 Å². The van der Waals surface area contributed by atoms with Gasteiger partial charge in [-0.15, -0.1) is 5.10 Å². The predicted octanol–water partition coefficient (Wildman–Crippen LogP) is 4.36. The van der Waals surface area contributed by atoms with E-state index in [1.165, 1.54) is 12.1 Å². The lowest BCUT2D eigenvalue weighted by Crippen LogP contribution is -2.29. The average Bonchev–Trinajstić information content (AvgIpc) is 3.16. The van der Waals surface area contributed by atoms with Crippen molar-refractivity contribution < 1.29 is 14.5 Å². The molecule has 1 unspecified atom stereocenters. The van der Waals surface area contributed by atoms with Crippen LogP contribution in [0.5, 0.6) is 0 Å². The molecule has 0 saturated carbocycles. The van der Waals surface area contributed by atoms with E-state index in [1.54, 1.807) is 54.9 Å². The van der Waals surface area contributed by atoms with Crippen molar-refractivity contribution >= 4 is 29.2 Å². The van der Waals surface area contributed by atoms with Crippen molar-refractivity contribution in [2.75, 3.05) is 11.9 Å². The molecule has 3 aromatic rings. The first-order valence-electron chi connectivity index (χ1n) is 9.50. The minimum Gasteiger partial charge on any atom is -0.463 e. The molecule has 1 aromatic heterocycles. The van der Waals surface area contributed by atoms with E-state index < -0.39 is 16.9 Å². The zero-order valence-corrected chi connectivity index (χ0v) is 17.5. The fourth-order valence-corrected chi connectivity index (χ4v) is 3.59. The number of nitro groups is 1. The van der Waals surface area contributed by atoms with Gasteiger partial charge in [0.1, 0.15) is 6.04 Å². The number of hydrogen-bond donors (Lipinski definition) is 1. The summed E-state index contributed by atoms with van der Waals surface area (Å²) in [4.78, 5) is 28.2. The summed E-state index contributed by atoms with van der Waals surface area (Å²) in [7, 11) is 0. The molecule has 4 rings (SSSR count). The van der Waals surface area contributed by atoms with Gasteiger partial charge in [0.2, 0.25) is 5.95 Å². The highest BCUT2D eigenvalue weighted by molar-refractivity contribution is 6.30. The van der Waals surface area contributed by atoms with Gasteiger partial charge in [-0.3, -0.25) is 10.1 Å². The molecule has 1 N–H and O–H groups in total. The van der Waals surface area contributed by atoms with Crippen molar-refractivity contribution in [1.82, 2.24) is 14.8 Å². The Kier molecular flexibility index (Phi) is 5.43. The van der Waals surface area contributed by atoms with Crippen molar-refractivity contribution in [1.29, 1.82) is 0 Å². The molecule has 31 heavy (non-hydrogen) atoms. The number of nitro benzene ring substituents is 1. The zero-order chi connectivity index (χ0) is 22.1. The lowest BCUT2D eigenvalue weighted by molar-refractivity contribution is -0.384. The summed E-state index contributed by atoms with van der Waals surface area (Å²) in [5.41, 5.74) is 2.02. The predicted molar refractivity (Wildman–Crippen MR) is 115 cm³/mol. The van der Waals surface area contributed by atoms with Crippen molar-refractivity contribution in [2.45, 2.75) is 19.9 Å². The molecule has 1 aliphatic heterocycles. The summed E-state index contributed by atoms with van der Waals surface area (Å²) in [6.07, 6.45) is 0. The Bertz CT molecular complexity index is 1200. The number of benzene rings is 2. The van der Waals surface area contributed by atoms with Gasteiger partial charge in [0.15, 0.2) is 5.82 Å². The fraction of sp³-hybridized carbons (Fsp3) is 0.190. The van der Waals surface area contributed by atoms with Crippen LogP contribution in [0.4, 0.5) is 11.6 Å². The fourth-order valence-electron chi connectivity index (χ4n) is 3.46. The number of esters is 1. The molecule has 158 valence electrons. The van der Waals surface area contributed by atoms with Gasteiger partial charge in [-0.25, -0.2) is 9.48 Å². The Morgan fingerprint density at radius 3 is 2.71 bits per heavy atom. The highest BCUT2D eigenvalue weighted by Crippen LogP contribution is 2.37. The molecule has 10 heteroatoms. The maximum atomic E-state index is 12.8. The molecule has 0 saturated heterocycles. The minimum atomic E-state index is -0.747. The number of hydrogen-bond acceptors (Lipinski definition) is 7. The van der Waals surface area contributed by atoms with Crippen molar-refractivity contribution in [3.63, 3.8) is 0 Å². The number of nitrogens with zero attached hydrogens (tertiary/aromatic N) is 4. The van der Waals surface area contributed by atoms with Crippen molar-refractivity contribution in [3.8, 4) is 11.4 Å². The summed E-state index contributed by atoms with van der Waals surface area (Å²) in [6, 6.07) is 12.4. The zero-order valence-electron chi connectivity index (χ0n) is 16.7. The van der Waals surface area contributed by atoms with Gasteiger partial charge in [-0.1, -0.05) is 23.7 Å². The van der Waals surface area contributed by atoms with Crippen LogP contribution in [-0.4, -0.2) is 32.3 Å². The summed E-state index contributed by atoms with van der Waals surface area (Å²) in [5.74, 6) is 0.303. The molecule has 1 aliphatic rings. The summed E-state index contributed by atoms with van der Waals surface area (Å²) < 4.78 is 6.80. The van der Waals surface area contributed by atoms with E-state index in [2.05, 4.69) is 15.4 Å². The third-order valence-electron chi connectivity index (χ3n) is 4.85. The standard InChI is InChI=1S/C21H18ClN5O4/c1-3-31-20(28)17-12(2)23-21-24-19(13-7-9-15(22)10-8-13)25-26(21)18(17)14-5-4-6-16(11-14)27(29)30/h4-11,18H,3H2,1-2H3,(H,23,24,25). The Morgan fingerprint density at radius 1 is 1.29 bits per heavy atom. The molecule has 0 aliphatic carbocycles. The van der Waals surface area contributed by atoms with Crippen LogP contribution in [0.15, 0.2) is 59.8 Å². The second-order valence-electron chi connectivity index (χ2n) is 6.85. The van der Waals surface area contributed by atoms with Crippen LogP contribution in [0.2, 0.25) is 5.02 Å². The Labute approximate surface area is 182 Å². The molecular weight excluding hydrogens is 422 g/mol. The Balaban J connectivity index is 1.88. The highest BCUT2D eigenvalue weighted by atomic mass is 35.5. The van der Waals surface area contributed by atoms with Gasteiger partial charge in [0.05, 0.1) is 17.1 Å². The molecule has 0 spiro atoms. The Morgan fingerprint density at radius 2 is 2.03 bits per heavy atom. The van der Waals surface area contributed by atoms with Gasteiger partial charge < -0.3 is 10.1 Å². The van der Waals surface area contributed by atoms with E-state index in [0.717, 1.165) is 5.56 Å². The number of rotatable bonds is 5. The molecule has 2 heterocycles. The SMILES string of the molecule is CCOC(=O)C1=C(C)Nc2nc(-c3ccc(Cl)cc3)nn2C1c1cccc([N+](=O)[O-])c1. The molecule has 0 bridgehead atoms. The van der Waals surface area contributed by atoms with Crippen LogP contribution < -0.4 is 5.32 Å². The Hall–Kier alpha value is -3.72. The number of ether oxygens (including phenoxy) is 1. The summed E-state index contributed by atoms with van der Waals surface area (Å²) in [5, 5.41) is 19.6. The van der Waals surface area contributed by atoms with E-state index >= 15 is 0 Å². The monoisotopic (exact) mass is 439 g/mol. The van der Waals surface area contributed by atoms with Crippen LogP contribution in [0.3, 0.4) is 0 Å². The van der Waals surface area contributed by atoms with Crippen LogP contribution >= 0.6 is 11.6 Å². The summed E-state index contributed by atoms with van der Waals surface area (Å²) >= 11 is 5.98. The molecule has 0 amide bonds. The molecule has 9 nitrogen and oxygen atoms in total. The second-order valence-corrected chi connectivity index (χ2v) is 7.29. The molecular formula is C21H18ClN5O4. The number of fused-ring (bicyclic) bond motifs is 1. The number of aromatic nitrogens is 3. The number of allylic oxidation sites excluding steroid dienone is 1. The highest BCUT2D eigenvalue weighted by Gasteiger charge is 2.35. The van der Waals surface area contributed by atoms with E-state index in [9.17, 15) is 14.9 Å². The number of nitrogens with one attached hydrogen (secondary N) is 1. The van der Waals surface area contributed by atoms with Gasteiger partial charge in [0.25, 0.3) is 5.69 Å². The quantitative estimate of drug-likeness (QED) is 0.357. The maximum Gasteiger partial charge on any atom is 0.338 e. The first kappa shape index (κ1) is 20.5. The van der Waals surface area contributed by atoms with Gasteiger partial charge in [0, 0.05) is 28.4 Å². The topological polar surface area (TPSA) is 112 Å². The molecule has 0 fully saturated rings. The van der Waals surface area contributed by atoms with Crippen LogP contribution in [-0.2, 0) is 9.53 Å². The molecule has 0 radical (unpaired) electrons. The first-order valence-corrected chi connectivity index (χ1v) is 9.88. The maximum absolute atomic E-state index is 12.8.